The second-order valence-electron chi connectivity index (χ2n) is 5.17. The Morgan fingerprint density at radius 3 is 2.81 bits per heavy atom. The van der Waals surface area contributed by atoms with E-state index in [0.29, 0.717) is 13.1 Å². The summed E-state index contributed by atoms with van der Waals surface area (Å²) in [5.41, 5.74) is 6.05. The van der Waals surface area contributed by atoms with Crippen LogP contribution in [0.4, 0.5) is 5.69 Å². The van der Waals surface area contributed by atoms with Crippen molar-refractivity contribution in [2.75, 3.05) is 18.4 Å². The molecule has 0 bridgehead atoms. The lowest BCUT2D eigenvalue weighted by molar-refractivity contribution is -0.115. The van der Waals surface area contributed by atoms with E-state index in [9.17, 15) is 4.79 Å². The zero-order valence-electron chi connectivity index (χ0n) is 11.9. The smallest absolute Gasteiger partial charge is 0.238 e. The molecule has 0 radical (unpaired) electrons. The zero-order chi connectivity index (χ0) is 14.7. The fourth-order valence-corrected chi connectivity index (χ4v) is 2.72. The topological polar surface area (TPSA) is 41.1 Å². The largest absolute Gasteiger partial charge is 0.325 e. The lowest BCUT2D eigenvalue weighted by Crippen LogP contribution is -2.28. The second kappa shape index (κ2) is 5.94. The Balaban J connectivity index is 1.72. The van der Waals surface area contributed by atoms with Gasteiger partial charge in [-0.15, -0.1) is 6.58 Å². The van der Waals surface area contributed by atoms with Crippen molar-refractivity contribution in [1.29, 1.82) is 0 Å². The Bertz CT molecular complexity index is 691. The predicted molar refractivity (Wildman–Crippen MR) is 86.4 cm³/mol. The van der Waals surface area contributed by atoms with Crippen molar-refractivity contribution in [2.24, 2.45) is 0 Å². The second-order valence-corrected chi connectivity index (χ2v) is 5.17. The van der Waals surface area contributed by atoms with Crippen LogP contribution in [0.3, 0.4) is 0 Å². The summed E-state index contributed by atoms with van der Waals surface area (Å²) in [7, 11) is 0. The summed E-state index contributed by atoms with van der Waals surface area (Å²) in [5.74, 6) is -0.0349. The Morgan fingerprint density at radius 2 is 1.95 bits per heavy atom. The molecule has 0 unspecified atom stereocenters. The molecule has 0 fully saturated rings. The van der Waals surface area contributed by atoms with E-state index in [1.54, 1.807) is 6.08 Å². The molecule has 2 N–H and O–H groups in total. The van der Waals surface area contributed by atoms with E-state index in [1.165, 1.54) is 22.3 Å². The van der Waals surface area contributed by atoms with Gasteiger partial charge in [-0.2, -0.15) is 0 Å². The molecule has 0 aromatic heterocycles. The molecule has 3 rings (SSSR count). The molecule has 0 atom stereocenters. The van der Waals surface area contributed by atoms with Crippen LogP contribution in [0.15, 0.2) is 55.1 Å². The molecule has 3 heteroatoms. The maximum Gasteiger partial charge on any atom is 0.238 e. The van der Waals surface area contributed by atoms with Crippen molar-refractivity contribution in [3.63, 3.8) is 0 Å². The number of benzene rings is 2. The van der Waals surface area contributed by atoms with Crippen LogP contribution >= 0.6 is 0 Å². The van der Waals surface area contributed by atoms with Crippen molar-refractivity contribution in [3.05, 3.63) is 66.2 Å². The minimum atomic E-state index is -0.0349. The van der Waals surface area contributed by atoms with E-state index in [-0.39, 0.29) is 5.91 Å². The number of anilines is 1. The van der Waals surface area contributed by atoms with Gasteiger partial charge in [0.15, 0.2) is 0 Å². The highest BCUT2D eigenvalue weighted by molar-refractivity contribution is 5.93. The van der Waals surface area contributed by atoms with Crippen molar-refractivity contribution >= 4 is 11.6 Å². The van der Waals surface area contributed by atoms with Gasteiger partial charge in [0, 0.05) is 12.2 Å². The SMILES string of the molecule is C=CCNCC(=O)Nc1ccc2c(c1)Cc1ccccc1-2. The minimum Gasteiger partial charge on any atom is -0.325 e. The van der Waals surface area contributed by atoms with Gasteiger partial charge in [-0.05, 0) is 40.8 Å². The first-order valence-corrected chi connectivity index (χ1v) is 7.10. The summed E-state index contributed by atoms with van der Waals surface area (Å²) in [5, 5.41) is 5.91. The molecule has 0 saturated heterocycles. The third-order valence-corrected chi connectivity index (χ3v) is 3.65. The number of fused-ring (bicyclic) bond motifs is 3. The molecule has 0 saturated carbocycles. The van der Waals surface area contributed by atoms with Gasteiger partial charge in [0.1, 0.15) is 0 Å². The van der Waals surface area contributed by atoms with Crippen molar-refractivity contribution in [1.82, 2.24) is 5.32 Å². The van der Waals surface area contributed by atoms with Gasteiger partial charge in [0.2, 0.25) is 5.91 Å². The number of rotatable bonds is 5. The molecular weight excluding hydrogens is 260 g/mol. The molecular formula is C18H18N2O. The number of carbonyl (C=O) groups is 1. The summed E-state index contributed by atoms with van der Waals surface area (Å²) in [4.78, 5) is 11.8. The molecule has 1 aliphatic rings. The van der Waals surface area contributed by atoms with Crippen LogP contribution in [0.5, 0.6) is 0 Å². The average Bonchev–Trinajstić information content (AvgIpc) is 2.85. The third-order valence-electron chi connectivity index (χ3n) is 3.65. The number of carbonyl (C=O) groups excluding carboxylic acids is 1. The monoisotopic (exact) mass is 278 g/mol. The normalized spacial score (nSPS) is 11.6. The maximum atomic E-state index is 11.8. The van der Waals surface area contributed by atoms with Gasteiger partial charge in [0.25, 0.3) is 0 Å². The summed E-state index contributed by atoms with van der Waals surface area (Å²) >= 11 is 0. The first-order chi connectivity index (χ1) is 10.3. The first-order valence-electron chi connectivity index (χ1n) is 7.10. The maximum absolute atomic E-state index is 11.8. The molecule has 0 heterocycles. The Morgan fingerprint density at radius 1 is 1.14 bits per heavy atom. The quantitative estimate of drug-likeness (QED) is 0.556. The summed E-state index contributed by atoms with van der Waals surface area (Å²) in [6, 6.07) is 14.6. The molecule has 1 amide bonds. The van der Waals surface area contributed by atoms with E-state index in [1.807, 2.05) is 6.07 Å². The fourth-order valence-electron chi connectivity index (χ4n) is 2.72. The standard InChI is InChI=1S/C18H18N2O/c1-2-9-19-12-18(21)20-15-7-8-17-14(11-15)10-13-5-3-4-6-16(13)17/h2-8,11,19H,1,9-10,12H2,(H,20,21). The Labute approximate surface area is 124 Å². The van der Waals surface area contributed by atoms with Crippen molar-refractivity contribution in [2.45, 2.75) is 6.42 Å². The first kappa shape index (κ1) is 13.6. The molecule has 2 aromatic rings. The van der Waals surface area contributed by atoms with Gasteiger partial charge < -0.3 is 10.6 Å². The van der Waals surface area contributed by atoms with Gasteiger partial charge in [-0.1, -0.05) is 36.4 Å². The molecule has 106 valence electrons. The van der Waals surface area contributed by atoms with Crippen LogP contribution in [0.2, 0.25) is 0 Å². The summed E-state index contributed by atoms with van der Waals surface area (Å²) in [6.07, 6.45) is 2.67. The lowest BCUT2D eigenvalue weighted by Gasteiger charge is -2.08. The van der Waals surface area contributed by atoms with Crippen LogP contribution in [0.25, 0.3) is 11.1 Å². The molecule has 1 aliphatic carbocycles. The Kier molecular flexibility index (Phi) is 3.84. The third kappa shape index (κ3) is 2.88. The van der Waals surface area contributed by atoms with Gasteiger partial charge in [-0.3, -0.25) is 4.79 Å². The molecule has 3 nitrogen and oxygen atoms in total. The average molecular weight is 278 g/mol. The van der Waals surface area contributed by atoms with Crippen LogP contribution in [0.1, 0.15) is 11.1 Å². The lowest BCUT2D eigenvalue weighted by atomic mass is 10.1. The van der Waals surface area contributed by atoms with E-state index in [4.69, 9.17) is 0 Å². The van der Waals surface area contributed by atoms with E-state index >= 15 is 0 Å². The highest BCUT2D eigenvalue weighted by atomic mass is 16.1. The molecule has 21 heavy (non-hydrogen) atoms. The van der Waals surface area contributed by atoms with Gasteiger partial charge >= 0.3 is 0 Å². The van der Waals surface area contributed by atoms with Crippen molar-refractivity contribution in [3.8, 4) is 11.1 Å². The summed E-state index contributed by atoms with van der Waals surface area (Å²) in [6.45, 7) is 4.53. The van der Waals surface area contributed by atoms with Crippen LogP contribution in [0, 0.1) is 0 Å². The van der Waals surface area contributed by atoms with Gasteiger partial charge in [0.05, 0.1) is 6.54 Å². The highest BCUT2D eigenvalue weighted by Crippen LogP contribution is 2.37. The number of hydrogen-bond acceptors (Lipinski definition) is 2. The minimum absolute atomic E-state index is 0.0349. The van der Waals surface area contributed by atoms with Gasteiger partial charge in [-0.25, -0.2) is 0 Å². The molecule has 0 aliphatic heterocycles. The predicted octanol–water partition coefficient (Wildman–Crippen LogP) is 2.97. The molecule has 0 spiro atoms. The Hall–Kier alpha value is -2.39. The molecule has 2 aromatic carbocycles. The highest BCUT2D eigenvalue weighted by Gasteiger charge is 2.18. The number of nitrogens with one attached hydrogen (secondary N) is 2. The van der Waals surface area contributed by atoms with E-state index in [2.05, 4.69) is 53.6 Å². The van der Waals surface area contributed by atoms with Crippen molar-refractivity contribution < 1.29 is 4.79 Å². The zero-order valence-corrected chi connectivity index (χ0v) is 11.9. The van der Waals surface area contributed by atoms with Crippen LogP contribution in [-0.4, -0.2) is 19.0 Å². The van der Waals surface area contributed by atoms with E-state index < -0.39 is 0 Å². The van der Waals surface area contributed by atoms with Crippen LogP contribution in [-0.2, 0) is 11.2 Å². The number of hydrogen-bond donors (Lipinski definition) is 2. The van der Waals surface area contributed by atoms with Crippen LogP contribution < -0.4 is 10.6 Å². The van der Waals surface area contributed by atoms with E-state index in [0.717, 1.165) is 12.1 Å². The number of amides is 1. The summed E-state index contributed by atoms with van der Waals surface area (Å²) < 4.78 is 0. The fraction of sp³-hybridized carbons (Fsp3) is 0.167.